The second-order valence-electron chi connectivity index (χ2n) is 3.53. The average Bonchev–Trinajstić information content (AvgIpc) is 2.19. The minimum absolute atomic E-state index is 0.412. The van der Waals surface area contributed by atoms with Crippen LogP contribution in [-0.4, -0.2) is 20.3 Å². The quantitative estimate of drug-likeness (QED) is 0.772. The van der Waals surface area contributed by atoms with Crippen molar-refractivity contribution in [1.29, 1.82) is 5.26 Å². The second-order valence-corrected chi connectivity index (χ2v) is 3.94. The Balaban J connectivity index is 2.41. The number of nitrogens with zero attached hydrogens (tertiary/aromatic N) is 1. The van der Waals surface area contributed by atoms with Crippen molar-refractivity contribution in [3.63, 3.8) is 0 Å². The van der Waals surface area contributed by atoms with Crippen LogP contribution < -0.4 is 4.74 Å². The molecule has 1 saturated heterocycles. The third-order valence-electron chi connectivity index (χ3n) is 2.60. The molecule has 0 aromatic heterocycles. The minimum atomic E-state index is -0.566. The highest BCUT2D eigenvalue weighted by Crippen LogP contribution is 2.37. The number of nitriles is 1. The van der Waals surface area contributed by atoms with Crippen molar-refractivity contribution in [2.75, 3.05) is 20.3 Å². The van der Waals surface area contributed by atoms with E-state index in [1.54, 1.807) is 19.2 Å². The van der Waals surface area contributed by atoms with Gasteiger partial charge in [0.15, 0.2) is 0 Å². The maximum Gasteiger partial charge on any atom is 0.130 e. The molecule has 2 rings (SSSR count). The monoisotopic (exact) mass is 223 g/mol. The van der Waals surface area contributed by atoms with Gasteiger partial charge in [-0.3, -0.25) is 0 Å². The van der Waals surface area contributed by atoms with E-state index >= 15 is 0 Å². The summed E-state index contributed by atoms with van der Waals surface area (Å²) in [7, 11) is 1.58. The van der Waals surface area contributed by atoms with Gasteiger partial charge in [-0.25, -0.2) is 0 Å². The van der Waals surface area contributed by atoms with Crippen LogP contribution in [-0.2, 0) is 10.2 Å². The summed E-state index contributed by atoms with van der Waals surface area (Å²) in [6.45, 7) is 0.825. The van der Waals surface area contributed by atoms with Gasteiger partial charge >= 0.3 is 0 Å². The fourth-order valence-electron chi connectivity index (χ4n) is 1.60. The van der Waals surface area contributed by atoms with E-state index in [4.69, 9.17) is 26.3 Å². The smallest absolute Gasteiger partial charge is 0.130 e. The highest BCUT2D eigenvalue weighted by molar-refractivity contribution is 6.31. The normalized spacial score (nSPS) is 17.7. The molecule has 1 aliphatic heterocycles. The van der Waals surface area contributed by atoms with Crippen molar-refractivity contribution >= 4 is 11.6 Å². The topological polar surface area (TPSA) is 42.2 Å². The zero-order valence-electron chi connectivity index (χ0n) is 8.29. The van der Waals surface area contributed by atoms with Gasteiger partial charge in [-0.2, -0.15) is 5.26 Å². The first-order valence-corrected chi connectivity index (χ1v) is 4.93. The molecule has 1 fully saturated rings. The molecule has 15 heavy (non-hydrogen) atoms. The molecular weight excluding hydrogens is 214 g/mol. The lowest BCUT2D eigenvalue weighted by atomic mass is 9.80. The van der Waals surface area contributed by atoms with Crippen molar-refractivity contribution in [1.82, 2.24) is 0 Å². The van der Waals surface area contributed by atoms with Crippen molar-refractivity contribution in [3.8, 4) is 11.8 Å². The van der Waals surface area contributed by atoms with Crippen molar-refractivity contribution < 1.29 is 9.47 Å². The number of methoxy groups -OCH3 is 1. The largest absolute Gasteiger partial charge is 0.497 e. The average molecular weight is 224 g/mol. The van der Waals surface area contributed by atoms with Gasteiger partial charge in [0.05, 0.1) is 26.4 Å². The molecule has 0 N–H and O–H groups in total. The molecule has 0 aliphatic carbocycles. The number of ether oxygens (including phenoxy) is 2. The second kappa shape index (κ2) is 3.73. The lowest BCUT2D eigenvalue weighted by Gasteiger charge is -2.35. The molecule has 0 amide bonds. The number of hydrogen-bond acceptors (Lipinski definition) is 3. The molecule has 3 nitrogen and oxygen atoms in total. The number of benzene rings is 1. The molecular formula is C11H10ClNO2. The van der Waals surface area contributed by atoms with Gasteiger partial charge in [0, 0.05) is 5.02 Å². The van der Waals surface area contributed by atoms with Crippen LogP contribution in [0.4, 0.5) is 0 Å². The van der Waals surface area contributed by atoms with E-state index in [9.17, 15) is 0 Å². The van der Waals surface area contributed by atoms with Gasteiger partial charge < -0.3 is 9.47 Å². The standard InChI is InChI=1S/C11H10ClNO2/c1-14-8-2-3-9(10(12)4-8)11(5-13)6-15-7-11/h2-4H,6-7H2,1H3. The van der Waals surface area contributed by atoms with Crippen LogP contribution in [0, 0.1) is 11.3 Å². The third kappa shape index (κ3) is 1.56. The van der Waals surface area contributed by atoms with Gasteiger partial charge in [0.2, 0.25) is 0 Å². The van der Waals surface area contributed by atoms with E-state index in [-0.39, 0.29) is 0 Å². The Bertz CT molecular complexity index is 421. The summed E-state index contributed by atoms with van der Waals surface area (Å²) in [4.78, 5) is 0. The van der Waals surface area contributed by atoms with E-state index in [1.807, 2.05) is 6.07 Å². The summed E-state index contributed by atoms with van der Waals surface area (Å²) in [6, 6.07) is 7.61. The van der Waals surface area contributed by atoms with Gasteiger partial charge in [-0.05, 0) is 17.7 Å². The zero-order chi connectivity index (χ0) is 10.9. The highest BCUT2D eigenvalue weighted by atomic mass is 35.5. The number of hydrogen-bond donors (Lipinski definition) is 0. The summed E-state index contributed by atoms with van der Waals surface area (Å²) in [5.41, 5.74) is 0.252. The summed E-state index contributed by atoms with van der Waals surface area (Å²) in [5, 5.41) is 9.68. The first-order chi connectivity index (χ1) is 7.22. The molecule has 1 aromatic rings. The molecule has 1 aliphatic rings. The van der Waals surface area contributed by atoms with Crippen LogP contribution in [0.3, 0.4) is 0 Å². The Hall–Kier alpha value is -1.24. The fraction of sp³-hybridized carbons (Fsp3) is 0.364. The molecule has 0 radical (unpaired) electrons. The maximum atomic E-state index is 9.12. The Morgan fingerprint density at radius 3 is 2.67 bits per heavy atom. The van der Waals surface area contributed by atoms with Crippen molar-refractivity contribution in [2.45, 2.75) is 5.41 Å². The summed E-state index contributed by atoms with van der Waals surface area (Å²) in [6.07, 6.45) is 0. The Morgan fingerprint density at radius 2 is 2.27 bits per heavy atom. The van der Waals surface area contributed by atoms with Crippen LogP contribution in [0.2, 0.25) is 5.02 Å². The van der Waals surface area contributed by atoms with E-state index in [0.29, 0.717) is 24.0 Å². The van der Waals surface area contributed by atoms with E-state index in [2.05, 4.69) is 6.07 Å². The van der Waals surface area contributed by atoms with Gasteiger partial charge in [-0.1, -0.05) is 17.7 Å². The molecule has 0 atom stereocenters. The summed E-state index contributed by atoms with van der Waals surface area (Å²) >= 11 is 6.10. The van der Waals surface area contributed by atoms with Crippen LogP contribution in [0.25, 0.3) is 0 Å². The molecule has 78 valence electrons. The Kier molecular flexibility index (Phi) is 2.56. The molecule has 0 spiro atoms. The highest BCUT2D eigenvalue weighted by Gasteiger charge is 2.42. The van der Waals surface area contributed by atoms with Crippen LogP contribution >= 0.6 is 11.6 Å². The molecule has 4 heteroatoms. The Labute approximate surface area is 93.2 Å². The first-order valence-electron chi connectivity index (χ1n) is 4.55. The molecule has 1 aromatic carbocycles. The van der Waals surface area contributed by atoms with Gasteiger partial charge in [0.1, 0.15) is 11.2 Å². The lowest BCUT2D eigenvalue weighted by Crippen LogP contribution is -2.45. The predicted molar refractivity (Wildman–Crippen MR) is 56.1 cm³/mol. The number of rotatable bonds is 2. The van der Waals surface area contributed by atoms with Crippen LogP contribution in [0.5, 0.6) is 5.75 Å². The van der Waals surface area contributed by atoms with Crippen LogP contribution in [0.1, 0.15) is 5.56 Å². The molecule has 0 unspecified atom stereocenters. The maximum absolute atomic E-state index is 9.12. The number of halogens is 1. The van der Waals surface area contributed by atoms with Crippen molar-refractivity contribution in [2.24, 2.45) is 0 Å². The summed E-state index contributed by atoms with van der Waals surface area (Å²) < 4.78 is 10.1. The lowest BCUT2D eigenvalue weighted by molar-refractivity contribution is -0.0297. The SMILES string of the molecule is COc1ccc(C2(C#N)COC2)c(Cl)c1. The van der Waals surface area contributed by atoms with Gasteiger partial charge in [0.25, 0.3) is 0 Å². The van der Waals surface area contributed by atoms with E-state index in [1.165, 1.54) is 0 Å². The van der Waals surface area contributed by atoms with E-state index < -0.39 is 5.41 Å². The predicted octanol–water partition coefficient (Wildman–Crippen LogP) is 2.14. The third-order valence-corrected chi connectivity index (χ3v) is 2.92. The fourth-order valence-corrected chi connectivity index (χ4v) is 1.95. The zero-order valence-corrected chi connectivity index (χ0v) is 9.04. The molecule has 1 heterocycles. The minimum Gasteiger partial charge on any atom is -0.497 e. The molecule has 0 saturated carbocycles. The van der Waals surface area contributed by atoms with E-state index in [0.717, 1.165) is 5.56 Å². The molecule has 0 bridgehead atoms. The van der Waals surface area contributed by atoms with Gasteiger partial charge in [-0.15, -0.1) is 0 Å². The first kappa shape index (κ1) is 10.3. The van der Waals surface area contributed by atoms with Crippen molar-refractivity contribution in [3.05, 3.63) is 28.8 Å². The van der Waals surface area contributed by atoms with Crippen LogP contribution in [0.15, 0.2) is 18.2 Å². The Morgan fingerprint density at radius 1 is 1.53 bits per heavy atom. The summed E-state index contributed by atoms with van der Waals surface area (Å²) in [5.74, 6) is 0.692.